The molecular weight excluding hydrogens is 444 g/mol. The number of H-pyrrole nitrogens is 1. The Bertz CT molecular complexity index is 1380. The molecule has 0 atom stereocenters. The molecule has 0 unspecified atom stereocenters. The van der Waals surface area contributed by atoms with Gasteiger partial charge in [0.15, 0.2) is 0 Å². The Hall–Kier alpha value is -3.95. The molecule has 180 valence electrons. The van der Waals surface area contributed by atoms with Crippen molar-refractivity contribution in [3.05, 3.63) is 77.3 Å². The first kappa shape index (κ1) is 22.8. The summed E-state index contributed by atoms with van der Waals surface area (Å²) in [7, 11) is 5.79. The van der Waals surface area contributed by atoms with E-state index >= 15 is 0 Å². The molecular formula is C26H28N6O3. The fourth-order valence-corrected chi connectivity index (χ4v) is 4.29. The standard InChI is InChI=1S/C26H28N6O3/c1-32(2)26(34-3)15-21(16-26)35-20-7-4-18(5-8-20)30-25-28-13-11-23(31-25)29-19-6-9-22-17(14-19)10-12-27-24(22)33/h4-14,21H,15-16H2,1-3H3,(H,27,33)(H2,28,29,30,31). The van der Waals surface area contributed by atoms with Crippen LogP contribution in [0, 0.1) is 0 Å². The van der Waals surface area contributed by atoms with E-state index in [2.05, 4.69) is 30.5 Å². The second-order valence-electron chi connectivity index (χ2n) is 8.84. The minimum Gasteiger partial charge on any atom is -0.490 e. The zero-order valence-electron chi connectivity index (χ0n) is 19.9. The van der Waals surface area contributed by atoms with Crippen molar-refractivity contribution in [3.63, 3.8) is 0 Å². The van der Waals surface area contributed by atoms with Crippen LogP contribution < -0.4 is 20.9 Å². The van der Waals surface area contributed by atoms with Crippen LogP contribution in [0.15, 0.2) is 71.8 Å². The predicted molar refractivity (Wildman–Crippen MR) is 137 cm³/mol. The quantitative estimate of drug-likeness (QED) is 0.327. The Labute approximate surface area is 203 Å². The minimum absolute atomic E-state index is 0.108. The predicted octanol–water partition coefficient (Wildman–Crippen LogP) is 4.25. The molecule has 1 saturated carbocycles. The first-order valence-electron chi connectivity index (χ1n) is 11.4. The van der Waals surface area contributed by atoms with E-state index in [1.165, 1.54) is 0 Å². The molecule has 0 amide bonds. The third-order valence-electron chi connectivity index (χ3n) is 6.40. The van der Waals surface area contributed by atoms with Crippen LogP contribution in [0.1, 0.15) is 12.8 Å². The van der Waals surface area contributed by atoms with Gasteiger partial charge < -0.3 is 25.1 Å². The van der Waals surface area contributed by atoms with Crippen LogP contribution in [0.3, 0.4) is 0 Å². The van der Waals surface area contributed by atoms with Crippen LogP contribution in [0.25, 0.3) is 10.8 Å². The lowest BCUT2D eigenvalue weighted by Gasteiger charge is -2.50. The summed E-state index contributed by atoms with van der Waals surface area (Å²) in [6.45, 7) is 0. The largest absolute Gasteiger partial charge is 0.490 e. The van der Waals surface area contributed by atoms with Crippen LogP contribution in [0.5, 0.6) is 5.75 Å². The van der Waals surface area contributed by atoms with Gasteiger partial charge in [-0.2, -0.15) is 4.98 Å². The number of hydrogen-bond acceptors (Lipinski definition) is 8. The van der Waals surface area contributed by atoms with Crippen molar-refractivity contribution < 1.29 is 9.47 Å². The van der Waals surface area contributed by atoms with Gasteiger partial charge in [0.05, 0.1) is 0 Å². The second kappa shape index (κ2) is 9.36. The molecule has 9 heteroatoms. The Morgan fingerprint density at radius 2 is 1.80 bits per heavy atom. The molecule has 0 spiro atoms. The number of benzene rings is 2. The highest BCUT2D eigenvalue weighted by atomic mass is 16.5. The van der Waals surface area contributed by atoms with E-state index < -0.39 is 0 Å². The monoisotopic (exact) mass is 472 g/mol. The molecule has 1 fully saturated rings. The highest BCUT2D eigenvalue weighted by Crippen LogP contribution is 2.39. The summed E-state index contributed by atoms with van der Waals surface area (Å²) in [5.74, 6) is 1.92. The zero-order chi connectivity index (χ0) is 24.4. The van der Waals surface area contributed by atoms with E-state index in [-0.39, 0.29) is 17.4 Å². The van der Waals surface area contributed by atoms with E-state index in [0.29, 0.717) is 17.2 Å². The van der Waals surface area contributed by atoms with Crippen molar-refractivity contribution in [1.82, 2.24) is 19.9 Å². The van der Waals surface area contributed by atoms with Gasteiger partial charge in [0.25, 0.3) is 5.56 Å². The third kappa shape index (κ3) is 4.82. The normalized spacial score (nSPS) is 19.4. The van der Waals surface area contributed by atoms with Crippen LogP contribution >= 0.6 is 0 Å². The third-order valence-corrected chi connectivity index (χ3v) is 6.40. The summed E-state index contributed by atoms with van der Waals surface area (Å²) >= 11 is 0. The number of aromatic amines is 1. The number of anilines is 4. The van der Waals surface area contributed by atoms with Crippen LogP contribution in [0.2, 0.25) is 0 Å². The molecule has 1 aliphatic rings. The number of fused-ring (bicyclic) bond motifs is 1. The summed E-state index contributed by atoms with van der Waals surface area (Å²) in [5.41, 5.74) is 1.35. The van der Waals surface area contributed by atoms with Gasteiger partial charge in [0.1, 0.15) is 23.4 Å². The van der Waals surface area contributed by atoms with Gasteiger partial charge in [-0.1, -0.05) is 0 Å². The van der Waals surface area contributed by atoms with Crippen molar-refractivity contribution in [2.24, 2.45) is 0 Å². The summed E-state index contributed by atoms with van der Waals surface area (Å²) < 4.78 is 11.8. The number of nitrogens with one attached hydrogen (secondary N) is 3. The van der Waals surface area contributed by atoms with E-state index in [1.807, 2.05) is 56.6 Å². The maximum Gasteiger partial charge on any atom is 0.255 e. The zero-order valence-corrected chi connectivity index (χ0v) is 19.9. The highest BCUT2D eigenvalue weighted by molar-refractivity contribution is 5.85. The van der Waals surface area contributed by atoms with E-state index in [0.717, 1.165) is 35.4 Å². The number of pyridine rings is 1. The average Bonchev–Trinajstić information content (AvgIpc) is 2.82. The topological polar surface area (TPSA) is 104 Å². The van der Waals surface area contributed by atoms with Gasteiger partial charge in [-0.3, -0.25) is 9.69 Å². The van der Waals surface area contributed by atoms with Gasteiger partial charge in [-0.15, -0.1) is 0 Å². The van der Waals surface area contributed by atoms with E-state index in [9.17, 15) is 4.79 Å². The lowest BCUT2D eigenvalue weighted by atomic mass is 9.83. The summed E-state index contributed by atoms with van der Waals surface area (Å²) in [5, 5.41) is 7.98. The molecule has 0 radical (unpaired) electrons. The maximum absolute atomic E-state index is 11.9. The average molecular weight is 473 g/mol. The fraction of sp³-hybridized carbons (Fsp3) is 0.269. The molecule has 35 heavy (non-hydrogen) atoms. The van der Waals surface area contributed by atoms with Crippen LogP contribution in [-0.2, 0) is 4.74 Å². The molecule has 2 aromatic heterocycles. The highest BCUT2D eigenvalue weighted by Gasteiger charge is 2.48. The number of methoxy groups -OCH3 is 1. The number of nitrogens with zero attached hydrogens (tertiary/aromatic N) is 3. The lowest BCUT2D eigenvalue weighted by Crippen LogP contribution is -2.59. The lowest BCUT2D eigenvalue weighted by molar-refractivity contribution is -0.204. The van der Waals surface area contributed by atoms with Crippen molar-refractivity contribution >= 4 is 33.9 Å². The molecule has 9 nitrogen and oxygen atoms in total. The molecule has 3 N–H and O–H groups in total. The number of aromatic nitrogens is 3. The number of hydrogen-bond donors (Lipinski definition) is 3. The van der Waals surface area contributed by atoms with Gasteiger partial charge in [0.2, 0.25) is 5.95 Å². The van der Waals surface area contributed by atoms with E-state index in [4.69, 9.17) is 9.47 Å². The Kier molecular flexibility index (Phi) is 6.10. The molecule has 0 saturated heterocycles. The smallest absolute Gasteiger partial charge is 0.255 e. The van der Waals surface area contributed by atoms with Crippen molar-refractivity contribution in [2.45, 2.75) is 24.7 Å². The molecule has 0 bridgehead atoms. The minimum atomic E-state index is -0.229. The van der Waals surface area contributed by atoms with Gasteiger partial charge >= 0.3 is 0 Å². The van der Waals surface area contributed by atoms with Crippen molar-refractivity contribution in [2.75, 3.05) is 31.8 Å². The number of rotatable bonds is 8. The summed E-state index contributed by atoms with van der Waals surface area (Å²) in [4.78, 5) is 25.5. The Morgan fingerprint density at radius 1 is 1.03 bits per heavy atom. The van der Waals surface area contributed by atoms with Crippen LogP contribution in [0.4, 0.5) is 23.1 Å². The summed E-state index contributed by atoms with van der Waals surface area (Å²) in [6, 6.07) is 17.0. The fourth-order valence-electron chi connectivity index (χ4n) is 4.29. The van der Waals surface area contributed by atoms with Crippen molar-refractivity contribution in [3.8, 4) is 5.75 Å². The molecule has 4 aromatic rings. The molecule has 2 aromatic carbocycles. The van der Waals surface area contributed by atoms with Gasteiger partial charge in [0, 0.05) is 49.1 Å². The second-order valence-corrected chi connectivity index (χ2v) is 8.84. The summed E-state index contributed by atoms with van der Waals surface area (Å²) in [6.07, 6.45) is 5.12. The molecule has 0 aliphatic heterocycles. The van der Waals surface area contributed by atoms with Gasteiger partial charge in [-0.05, 0) is 74.1 Å². The Morgan fingerprint density at radius 3 is 2.54 bits per heavy atom. The van der Waals surface area contributed by atoms with Crippen LogP contribution in [-0.4, -0.2) is 52.9 Å². The first-order chi connectivity index (χ1) is 16.9. The first-order valence-corrected chi connectivity index (χ1v) is 11.4. The number of ether oxygens (including phenoxy) is 2. The Balaban J connectivity index is 1.21. The molecule has 5 rings (SSSR count). The SMILES string of the molecule is COC1(N(C)C)CC(Oc2ccc(Nc3nccc(Nc4ccc5c(=O)[nH]ccc5c4)n3)cc2)C1. The van der Waals surface area contributed by atoms with Gasteiger partial charge in [-0.25, -0.2) is 4.98 Å². The van der Waals surface area contributed by atoms with Crippen molar-refractivity contribution in [1.29, 1.82) is 0 Å². The van der Waals surface area contributed by atoms with E-state index in [1.54, 1.807) is 31.6 Å². The molecule has 1 aliphatic carbocycles. The maximum atomic E-state index is 11.9. The molecule has 2 heterocycles.